The minimum absolute atomic E-state index is 0. The van der Waals surface area contributed by atoms with Crippen molar-refractivity contribution in [2.45, 2.75) is 0 Å². The maximum Gasteiger partial charge on any atom is 0.162 e. The predicted octanol–water partition coefficient (Wildman–Crippen LogP) is 3.23. The van der Waals surface area contributed by atoms with E-state index in [9.17, 15) is 0 Å². The van der Waals surface area contributed by atoms with Crippen LogP contribution in [0.4, 0.5) is 0 Å². The molecule has 0 aliphatic carbocycles. The van der Waals surface area contributed by atoms with Crippen LogP contribution in [0.2, 0.25) is 0 Å². The Morgan fingerprint density at radius 1 is 1.29 bits per heavy atom. The monoisotopic (exact) mass is 229 g/mol. The van der Waals surface area contributed by atoms with Crippen LogP contribution >= 0.6 is 24.0 Å². The second-order valence-electron chi connectivity index (χ2n) is 2.61. The molecule has 1 aromatic heterocycles. The number of benzene rings is 1. The van der Waals surface area contributed by atoms with Crippen molar-refractivity contribution in [3.05, 3.63) is 36.5 Å². The van der Waals surface area contributed by atoms with Gasteiger partial charge in [-0.25, -0.2) is 0 Å². The second-order valence-corrected chi connectivity index (χ2v) is 2.83. The first kappa shape index (κ1) is 11.1. The lowest BCUT2D eigenvalue weighted by Crippen LogP contribution is -1.88. The molecule has 0 spiro atoms. The minimum Gasteiger partial charge on any atom is -0.478 e. The van der Waals surface area contributed by atoms with E-state index in [0.717, 1.165) is 16.7 Å². The standard InChI is InChI=1S/C10H8ClNO.ClH/c11-7-13-9-3-4-10-8(6-9)2-1-5-12-10;/h1-6H,7H2;1H. The van der Waals surface area contributed by atoms with Crippen LogP contribution in [0.5, 0.6) is 5.75 Å². The average Bonchev–Trinajstić information content (AvgIpc) is 2.18. The lowest BCUT2D eigenvalue weighted by atomic mass is 10.2. The lowest BCUT2D eigenvalue weighted by molar-refractivity contribution is 0.388. The summed E-state index contributed by atoms with van der Waals surface area (Å²) in [5.41, 5.74) is 0.962. The number of halogens is 2. The van der Waals surface area contributed by atoms with Crippen molar-refractivity contribution in [1.29, 1.82) is 0 Å². The Labute approximate surface area is 93.3 Å². The van der Waals surface area contributed by atoms with Crippen molar-refractivity contribution in [1.82, 2.24) is 4.98 Å². The van der Waals surface area contributed by atoms with Crippen molar-refractivity contribution in [3.63, 3.8) is 0 Å². The first-order valence-electron chi connectivity index (χ1n) is 3.94. The van der Waals surface area contributed by atoms with E-state index in [1.807, 2.05) is 30.3 Å². The van der Waals surface area contributed by atoms with Crippen molar-refractivity contribution >= 4 is 34.9 Å². The fourth-order valence-corrected chi connectivity index (χ4v) is 1.33. The molecule has 0 atom stereocenters. The molecule has 1 heterocycles. The van der Waals surface area contributed by atoms with Crippen LogP contribution in [0, 0.1) is 0 Å². The smallest absolute Gasteiger partial charge is 0.162 e. The molecule has 1 aromatic carbocycles. The molecule has 0 radical (unpaired) electrons. The van der Waals surface area contributed by atoms with E-state index >= 15 is 0 Å². The van der Waals surface area contributed by atoms with E-state index in [0.29, 0.717) is 0 Å². The van der Waals surface area contributed by atoms with Gasteiger partial charge < -0.3 is 4.74 Å². The molecule has 0 unspecified atom stereocenters. The third-order valence-electron chi connectivity index (χ3n) is 1.80. The van der Waals surface area contributed by atoms with Gasteiger partial charge in [-0.2, -0.15) is 0 Å². The number of hydrogen-bond acceptors (Lipinski definition) is 2. The summed E-state index contributed by atoms with van der Waals surface area (Å²) in [4.78, 5) is 4.19. The molecule has 4 heteroatoms. The van der Waals surface area contributed by atoms with E-state index < -0.39 is 0 Å². The number of alkyl halides is 1. The zero-order valence-corrected chi connectivity index (χ0v) is 8.89. The highest BCUT2D eigenvalue weighted by molar-refractivity contribution is 6.17. The number of pyridine rings is 1. The molecule has 2 nitrogen and oxygen atoms in total. The van der Waals surface area contributed by atoms with Crippen LogP contribution in [-0.2, 0) is 0 Å². The molecular formula is C10H9Cl2NO. The van der Waals surface area contributed by atoms with Gasteiger partial charge in [-0.1, -0.05) is 17.7 Å². The van der Waals surface area contributed by atoms with E-state index in [-0.39, 0.29) is 18.5 Å². The summed E-state index contributed by atoms with van der Waals surface area (Å²) in [5.74, 6) is 0.774. The highest BCUT2D eigenvalue weighted by Crippen LogP contribution is 2.18. The molecule has 74 valence electrons. The molecule has 0 aliphatic rings. The van der Waals surface area contributed by atoms with E-state index in [2.05, 4.69) is 4.98 Å². The van der Waals surface area contributed by atoms with Crippen LogP contribution in [0.25, 0.3) is 10.9 Å². The topological polar surface area (TPSA) is 22.1 Å². The van der Waals surface area contributed by atoms with Crippen LogP contribution in [0.1, 0.15) is 0 Å². The SMILES string of the molecule is Cl.ClCOc1ccc2ncccc2c1. The lowest BCUT2D eigenvalue weighted by Gasteiger charge is -2.02. The van der Waals surface area contributed by atoms with Crippen molar-refractivity contribution in [3.8, 4) is 5.75 Å². The highest BCUT2D eigenvalue weighted by Gasteiger charge is 1.95. The predicted molar refractivity (Wildman–Crippen MR) is 60.3 cm³/mol. The van der Waals surface area contributed by atoms with Gasteiger partial charge in [-0.3, -0.25) is 4.98 Å². The van der Waals surface area contributed by atoms with E-state index in [1.165, 1.54) is 0 Å². The number of aromatic nitrogens is 1. The number of ether oxygens (including phenoxy) is 1. The molecule has 0 aliphatic heterocycles. The molecule has 0 fully saturated rings. The Balaban J connectivity index is 0.000000980. The fraction of sp³-hybridized carbons (Fsp3) is 0.100. The van der Waals surface area contributed by atoms with Crippen LogP contribution in [0.15, 0.2) is 36.5 Å². The molecule has 2 aromatic rings. The van der Waals surface area contributed by atoms with Gasteiger partial charge in [0.2, 0.25) is 0 Å². The molecule has 0 saturated heterocycles. The Kier molecular flexibility index (Phi) is 3.98. The summed E-state index contributed by atoms with van der Waals surface area (Å²) in [6, 6.07) is 9.75. The molecule has 0 N–H and O–H groups in total. The minimum atomic E-state index is 0. The first-order chi connectivity index (χ1) is 6.40. The van der Waals surface area contributed by atoms with Crippen LogP contribution in [0.3, 0.4) is 0 Å². The number of hydrogen-bond donors (Lipinski definition) is 0. The third-order valence-corrected chi connectivity index (χ3v) is 1.90. The Hall–Kier alpha value is -0.990. The summed E-state index contributed by atoms with van der Waals surface area (Å²) in [5, 5.41) is 1.06. The molecule has 2 rings (SSSR count). The van der Waals surface area contributed by atoms with Crippen molar-refractivity contribution in [2.24, 2.45) is 0 Å². The van der Waals surface area contributed by atoms with Gasteiger partial charge in [-0.15, -0.1) is 12.4 Å². The zero-order chi connectivity index (χ0) is 9.10. The van der Waals surface area contributed by atoms with Crippen molar-refractivity contribution < 1.29 is 4.74 Å². The maximum atomic E-state index is 5.45. The van der Waals surface area contributed by atoms with Gasteiger partial charge in [0.05, 0.1) is 5.52 Å². The van der Waals surface area contributed by atoms with Crippen molar-refractivity contribution in [2.75, 3.05) is 6.07 Å². The van der Waals surface area contributed by atoms with Gasteiger partial charge >= 0.3 is 0 Å². The molecule has 0 amide bonds. The quantitative estimate of drug-likeness (QED) is 0.739. The summed E-state index contributed by atoms with van der Waals surface area (Å²) in [7, 11) is 0. The van der Waals surface area contributed by atoms with E-state index in [4.69, 9.17) is 16.3 Å². The molecule has 0 saturated carbocycles. The first-order valence-corrected chi connectivity index (χ1v) is 4.47. The van der Waals surface area contributed by atoms with Crippen LogP contribution in [-0.4, -0.2) is 11.1 Å². The fourth-order valence-electron chi connectivity index (χ4n) is 1.21. The third kappa shape index (κ3) is 2.28. The maximum absolute atomic E-state index is 5.45. The zero-order valence-electron chi connectivity index (χ0n) is 7.31. The molecule has 14 heavy (non-hydrogen) atoms. The van der Waals surface area contributed by atoms with Gasteiger partial charge in [0, 0.05) is 11.6 Å². The normalized spacial score (nSPS) is 9.50. The van der Waals surface area contributed by atoms with Gasteiger partial charge in [0.25, 0.3) is 0 Å². The van der Waals surface area contributed by atoms with Gasteiger partial charge in [0.1, 0.15) is 5.75 Å². The van der Waals surface area contributed by atoms with Crippen LogP contribution < -0.4 is 4.74 Å². The van der Waals surface area contributed by atoms with Gasteiger partial charge in [-0.05, 0) is 24.3 Å². The summed E-state index contributed by atoms with van der Waals surface area (Å²) < 4.78 is 5.15. The number of rotatable bonds is 2. The summed E-state index contributed by atoms with van der Waals surface area (Å²) in [6.45, 7) is 0. The number of nitrogens with zero attached hydrogens (tertiary/aromatic N) is 1. The van der Waals surface area contributed by atoms with Gasteiger partial charge in [0.15, 0.2) is 6.07 Å². The second kappa shape index (κ2) is 5.03. The highest BCUT2D eigenvalue weighted by atomic mass is 35.5. The number of fused-ring (bicyclic) bond motifs is 1. The average molecular weight is 230 g/mol. The largest absolute Gasteiger partial charge is 0.478 e. The Morgan fingerprint density at radius 2 is 2.14 bits per heavy atom. The Morgan fingerprint density at radius 3 is 2.93 bits per heavy atom. The summed E-state index contributed by atoms with van der Waals surface area (Å²) >= 11 is 5.45. The summed E-state index contributed by atoms with van der Waals surface area (Å²) in [6.07, 6.45) is 1.77. The molecular weight excluding hydrogens is 221 g/mol. The van der Waals surface area contributed by atoms with E-state index in [1.54, 1.807) is 6.20 Å². The Bertz CT molecular complexity index is 420. The molecule has 0 bridgehead atoms.